The fourth-order valence-electron chi connectivity index (χ4n) is 5.01. The Morgan fingerprint density at radius 2 is 1.73 bits per heavy atom. The molecule has 11 heteroatoms. The van der Waals surface area contributed by atoms with Gasteiger partial charge in [-0.15, -0.1) is 0 Å². The van der Waals surface area contributed by atoms with Crippen molar-refractivity contribution in [1.82, 2.24) is 15.1 Å². The van der Waals surface area contributed by atoms with Gasteiger partial charge in [-0.3, -0.25) is 14.5 Å². The van der Waals surface area contributed by atoms with Gasteiger partial charge in [0.05, 0.1) is 16.9 Å². The lowest BCUT2D eigenvalue weighted by Gasteiger charge is -2.38. The van der Waals surface area contributed by atoms with Gasteiger partial charge in [0.15, 0.2) is 0 Å². The number of para-hydroxylation sites is 1. The van der Waals surface area contributed by atoms with Gasteiger partial charge in [0.25, 0.3) is 11.8 Å². The van der Waals surface area contributed by atoms with Crippen LogP contribution >= 0.6 is 15.9 Å². The maximum atomic E-state index is 14.0. The number of hydrogen-bond acceptors (Lipinski definition) is 3. The van der Waals surface area contributed by atoms with E-state index in [0.717, 1.165) is 18.2 Å². The Bertz CT molecular complexity index is 1550. The quantitative estimate of drug-likeness (QED) is 0.207. The number of carbonyl (C=O) groups is 2. The first-order valence-electron chi connectivity index (χ1n) is 12.4. The molecule has 6 nitrogen and oxygen atoms in total. The largest absolute Gasteiger partial charge is 0.416 e. The van der Waals surface area contributed by atoms with Crippen LogP contribution in [0, 0.1) is 5.82 Å². The number of likely N-dealkylation sites (N-methyl/N-ethyl adjacent to an activating group) is 1. The van der Waals surface area contributed by atoms with E-state index in [0.29, 0.717) is 33.7 Å². The molecule has 3 aromatic carbocycles. The van der Waals surface area contributed by atoms with Gasteiger partial charge in [0, 0.05) is 28.9 Å². The normalized spacial score (nSPS) is 17.1. The average Bonchev–Trinajstić information content (AvgIpc) is 3.33. The summed E-state index contributed by atoms with van der Waals surface area (Å²) in [5.41, 5.74) is 1.27. The van der Waals surface area contributed by atoms with E-state index >= 15 is 0 Å². The summed E-state index contributed by atoms with van der Waals surface area (Å²) < 4.78 is 55.5. The van der Waals surface area contributed by atoms with Crippen LogP contribution in [-0.2, 0) is 16.3 Å². The summed E-state index contributed by atoms with van der Waals surface area (Å²) in [6, 6.07) is 17.6. The third-order valence-corrected chi connectivity index (χ3v) is 7.35. The molecular formula is C29H23BrF4N4O2. The predicted molar refractivity (Wildman–Crippen MR) is 145 cm³/mol. The molecule has 2 heterocycles. The molecule has 2 atom stereocenters. The van der Waals surface area contributed by atoms with Crippen LogP contribution in [0.2, 0.25) is 0 Å². The van der Waals surface area contributed by atoms with E-state index in [4.69, 9.17) is 5.10 Å². The van der Waals surface area contributed by atoms with Crippen molar-refractivity contribution < 1.29 is 27.2 Å². The molecule has 1 aromatic heterocycles. The lowest BCUT2D eigenvalue weighted by Crippen LogP contribution is -2.55. The minimum Gasteiger partial charge on any atom is -0.339 e. The molecule has 0 unspecified atom stereocenters. The molecule has 206 valence electrons. The van der Waals surface area contributed by atoms with Gasteiger partial charge in [-0.2, -0.15) is 18.3 Å². The lowest BCUT2D eigenvalue weighted by molar-refractivity contribution is -0.137. The second kappa shape index (κ2) is 10.9. The van der Waals surface area contributed by atoms with Crippen molar-refractivity contribution in [2.45, 2.75) is 30.4 Å². The highest BCUT2D eigenvalue weighted by Crippen LogP contribution is 2.44. The predicted octanol–water partition coefficient (Wildman–Crippen LogP) is 6.22. The Labute approximate surface area is 235 Å². The van der Waals surface area contributed by atoms with Crippen LogP contribution in [-0.4, -0.2) is 34.2 Å². The molecule has 0 saturated carbocycles. The van der Waals surface area contributed by atoms with Crippen molar-refractivity contribution in [2.75, 3.05) is 11.4 Å². The van der Waals surface area contributed by atoms with Gasteiger partial charge in [-0.05, 0) is 55.0 Å². The van der Waals surface area contributed by atoms with Gasteiger partial charge in [0.2, 0.25) is 0 Å². The number of fused-ring (bicyclic) bond motifs is 1. The number of nitrogens with zero attached hydrogens (tertiary/aromatic N) is 3. The Kier molecular flexibility index (Phi) is 7.50. The minimum atomic E-state index is -4.64. The molecule has 1 N–H and O–H groups in total. The average molecular weight is 615 g/mol. The highest BCUT2D eigenvalue weighted by molar-refractivity contribution is 9.08. The van der Waals surface area contributed by atoms with Crippen LogP contribution < -0.4 is 10.2 Å². The maximum Gasteiger partial charge on any atom is 0.416 e. The van der Waals surface area contributed by atoms with Crippen LogP contribution in [0.5, 0.6) is 0 Å². The Morgan fingerprint density at radius 3 is 2.35 bits per heavy atom. The molecule has 0 spiro atoms. The first kappa shape index (κ1) is 27.6. The van der Waals surface area contributed by atoms with E-state index in [1.54, 1.807) is 11.6 Å². The molecule has 1 aliphatic heterocycles. The van der Waals surface area contributed by atoms with Crippen molar-refractivity contribution in [2.24, 2.45) is 0 Å². The van der Waals surface area contributed by atoms with E-state index in [1.165, 1.54) is 35.2 Å². The standard InChI is InChI=1S/C29H23BrF4N4O2/c1-2-37-27-24(22(16-30)36-38(27)21-9-4-3-5-10-21)23(17-11-13-20(31)14-12-17)25(28(37)40)35-26(39)18-7-6-8-19(15-18)29(32,33)34/h3-15,23,25H,2,16H2,1H3,(H,35,39)/t23-,25-/m0/s1. The zero-order valence-corrected chi connectivity index (χ0v) is 22.7. The number of halogens is 5. The fourth-order valence-corrected chi connectivity index (χ4v) is 5.43. The summed E-state index contributed by atoms with van der Waals surface area (Å²) in [6.45, 7) is 2.01. The fraction of sp³-hybridized carbons (Fsp3) is 0.207. The molecule has 0 radical (unpaired) electrons. The summed E-state index contributed by atoms with van der Waals surface area (Å²) in [6.07, 6.45) is -4.64. The molecule has 0 saturated heterocycles. The number of benzene rings is 3. The summed E-state index contributed by atoms with van der Waals surface area (Å²) in [5.74, 6) is -2.08. The number of nitrogens with one attached hydrogen (secondary N) is 1. The highest BCUT2D eigenvalue weighted by atomic mass is 79.9. The summed E-state index contributed by atoms with van der Waals surface area (Å²) in [4.78, 5) is 28.9. The summed E-state index contributed by atoms with van der Waals surface area (Å²) in [5, 5.41) is 7.78. The van der Waals surface area contributed by atoms with Gasteiger partial charge in [-0.25, -0.2) is 9.07 Å². The molecule has 0 fully saturated rings. The molecule has 2 amide bonds. The summed E-state index contributed by atoms with van der Waals surface area (Å²) in [7, 11) is 0. The summed E-state index contributed by atoms with van der Waals surface area (Å²) >= 11 is 3.49. The number of aromatic nitrogens is 2. The van der Waals surface area contributed by atoms with E-state index in [9.17, 15) is 27.2 Å². The van der Waals surface area contributed by atoms with E-state index in [-0.39, 0.29) is 12.1 Å². The second-order valence-electron chi connectivity index (χ2n) is 9.21. The Balaban J connectivity index is 1.67. The lowest BCUT2D eigenvalue weighted by atomic mass is 9.81. The second-order valence-corrected chi connectivity index (χ2v) is 9.77. The topological polar surface area (TPSA) is 67.2 Å². The first-order valence-corrected chi connectivity index (χ1v) is 13.5. The number of amides is 2. The van der Waals surface area contributed by atoms with Crippen molar-refractivity contribution in [1.29, 1.82) is 0 Å². The van der Waals surface area contributed by atoms with Gasteiger partial charge in [-0.1, -0.05) is 52.3 Å². The maximum absolute atomic E-state index is 14.0. The minimum absolute atomic E-state index is 0.234. The number of hydrogen-bond donors (Lipinski definition) is 1. The van der Waals surface area contributed by atoms with Crippen LogP contribution in [0.3, 0.4) is 0 Å². The highest BCUT2D eigenvalue weighted by Gasteiger charge is 2.46. The molecule has 5 rings (SSSR count). The molecule has 1 aliphatic rings. The number of alkyl halides is 4. The first-order chi connectivity index (χ1) is 19.1. The van der Waals surface area contributed by atoms with Gasteiger partial charge >= 0.3 is 6.18 Å². The van der Waals surface area contributed by atoms with Crippen molar-refractivity contribution in [3.63, 3.8) is 0 Å². The van der Waals surface area contributed by atoms with Gasteiger partial charge < -0.3 is 5.32 Å². The zero-order valence-electron chi connectivity index (χ0n) is 21.1. The van der Waals surface area contributed by atoms with Gasteiger partial charge in [0.1, 0.15) is 17.7 Å². The van der Waals surface area contributed by atoms with Crippen molar-refractivity contribution in [3.8, 4) is 5.69 Å². The number of anilines is 1. The third kappa shape index (κ3) is 5.01. The molecule has 0 bridgehead atoms. The monoisotopic (exact) mass is 614 g/mol. The van der Waals surface area contributed by atoms with Crippen LogP contribution in [0.25, 0.3) is 5.69 Å². The van der Waals surface area contributed by atoms with E-state index < -0.39 is 41.3 Å². The van der Waals surface area contributed by atoms with Crippen LogP contribution in [0.15, 0.2) is 78.9 Å². The van der Waals surface area contributed by atoms with Crippen molar-refractivity contribution in [3.05, 3.63) is 113 Å². The van der Waals surface area contributed by atoms with E-state index in [1.807, 2.05) is 30.3 Å². The molecule has 40 heavy (non-hydrogen) atoms. The van der Waals surface area contributed by atoms with Crippen LogP contribution in [0.4, 0.5) is 23.4 Å². The number of carbonyl (C=O) groups excluding carboxylic acids is 2. The number of rotatable bonds is 6. The third-order valence-electron chi connectivity index (χ3n) is 6.82. The Hall–Kier alpha value is -3.99. The van der Waals surface area contributed by atoms with E-state index in [2.05, 4.69) is 21.2 Å². The van der Waals surface area contributed by atoms with Crippen LogP contribution in [0.1, 0.15) is 45.6 Å². The SMILES string of the molecule is CCN1C(=O)[C@@H](NC(=O)c2cccc(C(F)(F)F)c2)[C@@H](c2ccc(F)cc2)c2c(CBr)nn(-c3ccccc3)c21. The Morgan fingerprint density at radius 1 is 1.02 bits per heavy atom. The zero-order chi connectivity index (χ0) is 28.6. The molecule has 0 aliphatic carbocycles. The van der Waals surface area contributed by atoms with Crippen molar-refractivity contribution >= 4 is 33.6 Å². The molecule has 4 aromatic rings. The smallest absolute Gasteiger partial charge is 0.339 e. The molecular weight excluding hydrogens is 592 g/mol.